The van der Waals surface area contributed by atoms with E-state index in [1.54, 1.807) is 39.7 Å². The number of carbonyl (C=O) groups excluding carboxylic acids is 1. The molecule has 1 atom stereocenters. The van der Waals surface area contributed by atoms with Gasteiger partial charge in [-0.3, -0.25) is 14.2 Å². The normalized spacial score (nSPS) is 14.5. The molecule has 3 aromatic carbocycles. The predicted molar refractivity (Wildman–Crippen MR) is 144 cm³/mol. The maximum Gasteiger partial charge on any atom is 0.265 e. The summed E-state index contributed by atoms with van der Waals surface area (Å²) in [6.07, 6.45) is 1.72. The number of hydrogen-bond acceptors (Lipinski definition) is 6. The standard InChI is InChI=1S/C28H23N5O3S/c1-18-6-5-7-20(14-18)33-26-24(16-29-33)27(35)32-21(17-37-28(32)31-26)15-25(34)30-19-10-12-23(13-11-19)36-22-8-3-2-4-9-22/h2-14,16,21H,15,17H2,1H3,(H,30,34). The number of aryl methyl sites for hydroxylation is 1. The molecule has 3 heterocycles. The van der Waals surface area contributed by atoms with Crippen molar-refractivity contribution in [2.45, 2.75) is 24.5 Å². The van der Waals surface area contributed by atoms with Gasteiger partial charge < -0.3 is 10.1 Å². The third-order valence-electron chi connectivity index (χ3n) is 6.15. The van der Waals surface area contributed by atoms with Gasteiger partial charge in [0.1, 0.15) is 16.9 Å². The van der Waals surface area contributed by atoms with Gasteiger partial charge in [0, 0.05) is 17.9 Å². The van der Waals surface area contributed by atoms with Crippen molar-refractivity contribution < 1.29 is 9.53 Å². The van der Waals surface area contributed by atoms with Crippen LogP contribution in [0.3, 0.4) is 0 Å². The lowest BCUT2D eigenvalue weighted by Crippen LogP contribution is -2.27. The van der Waals surface area contributed by atoms with E-state index < -0.39 is 0 Å². The van der Waals surface area contributed by atoms with Crippen molar-refractivity contribution in [1.82, 2.24) is 19.3 Å². The highest BCUT2D eigenvalue weighted by Gasteiger charge is 2.29. The van der Waals surface area contributed by atoms with Crippen LogP contribution < -0.4 is 15.6 Å². The molecule has 0 spiro atoms. The van der Waals surface area contributed by atoms with Gasteiger partial charge in [0.25, 0.3) is 5.56 Å². The quantitative estimate of drug-likeness (QED) is 0.310. The Bertz CT molecular complexity index is 1660. The Morgan fingerprint density at radius 3 is 2.62 bits per heavy atom. The summed E-state index contributed by atoms with van der Waals surface area (Å²) in [5.41, 5.74) is 2.96. The van der Waals surface area contributed by atoms with Crippen LogP contribution >= 0.6 is 11.8 Å². The maximum atomic E-state index is 13.4. The number of rotatable bonds is 6. The summed E-state index contributed by atoms with van der Waals surface area (Å²) in [6.45, 7) is 2.01. The second-order valence-corrected chi connectivity index (χ2v) is 9.85. The molecule has 8 nitrogen and oxygen atoms in total. The van der Waals surface area contributed by atoms with Gasteiger partial charge in [-0.25, -0.2) is 9.67 Å². The average molecular weight is 510 g/mol. The van der Waals surface area contributed by atoms with Gasteiger partial charge in [-0.1, -0.05) is 42.1 Å². The lowest BCUT2D eigenvalue weighted by molar-refractivity contribution is -0.116. The Labute approximate surface area is 216 Å². The Balaban J connectivity index is 1.18. The number of nitrogens with zero attached hydrogens (tertiary/aromatic N) is 4. The number of hydrogen-bond donors (Lipinski definition) is 1. The minimum Gasteiger partial charge on any atom is -0.457 e. The van der Waals surface area contributed by atoms with Crippen LogP contribution in [0.1, 0.15) is 18.0 Å². The van der Waals surface area contributed by atoms with Crippen molar-refractivity contribution in [3.8, 4) is 17.2 Å². The Morgan fingerprint density at radius 2 is 1.84 bits per heavy atom. The number of para-hydroxylation sites is 1. The summed E-state index contributed by atoms with van der Waals surface area (Å²) in [6, 6.07) is 24.3. The molecule has 0 bridgehead atoms. The molecule has 184 valence electrons. The number of carbonyl (C=O) groups is 1. The van der Waals surface area contributed by atoms with E-state index in [4.69, 9.17) is 9.72 Å². The third-order valence-corrected chi connectivity index (χ3v) is 7.25. The van der Waals surface area contributed by atoms with Crippen molar-refractivity contribution >= 4 is 34.4 Å². The van der Waals surface area contributed by atoms with Crippen molar-refractivity contribution in [2.75, 3.05) is 11.1 Å². The average Bonchev–Trinajstić information content (AvgIpc) is 3.51. The molecule has 1 aliphatic rings. The van der Waals surface area contributed by atoms with E-state index >= 15 is 0 Å². The zero-order valence-electron chi connectivity index (χ0n) is 20.0. The second-order valence-electron chi connectivity index (χ2n) is 8.86. The van der Waals surface area contributed by atoms with Crippen LogP contribution in [0.5, 0.6) is 11.5 Å². The highest BCUT2D eigenvalue weighted by Crippen LogP contribution is 2.34. The molecule has 5 aromatic rings. The van der Waals surface area contributed by atoms with Crippen LogP contribution in [0.15, 0.2) is 95.0 Å². The fourth-order valence-corrected chi connectivity index (χ4v) is 5.52. The highest BCUT2D eigenvalue weighted by molar-refractivity contribution is 7.99. The largest absolute Gasteiger partial charge is 0.457 e. The second kappa shape index (κ2) is 9.59. The van der Waals surface area contributed by atoms with Crippen LogP contribution in [-0.2, 0) is 4.79 Å². The smallest absolute Gasteiger partial charge is 0.265 e. The van der Waals surface area contributed by atoms with Crippen LogP contribution in [-0.4, -0.2) is 31.0 Å². The first kappa shape index (κ1) is 23.1. The maximum absolute atomic E-state index is 13.4. The van der Waals surface area contributed by atoms with Gasteiger partial charge in [0.15, 0.2) is 10.8 Å². The molecule has 1 amide bonds. The number of fused-ring (bicyclic) bond motifs is 2. The van der Waals surface area contributed by atoms with Crippen molar-refractivity contribution in [1.29, 1.82) is 0 Å². The van der Waals surface area contributed by atoms with Gasteiger partial charge in [0.05, 0.1) is 17.9 Å². The third kappa shape index (κ3) is 4.61. The fraction of sp³-hybridized carbons (Fsp3) is 0.143. The van der Waals surface area contributed by atoms with E-state index in [2.05, 4.69) is 10.4 Å². The molecule has 0 fully saturated rings. The molecule has 1 unspecified atom stereocenters. The van der Waals surface area contributed by atoms with E-state index in [-0.39, 0.29) is 23.9 Å². The summed E-state index contributed by atoms with van der Waals surface area (Å²) in [7, 11) is 0. The molecule has 1 aliphatic heterocycles. The number of benzene rings is 3. The van der Waals surface area contributed by atoms with E-state index in [0.717, 1.165) is 17.0 Å². The lowest BCUT2D eigenvalue weighted by Gasteiger charge is -2.14. The number of anilines is 1. The minimum atomic E-state index is -0.285. The van der Waals surface area contributed by atoms with Gasteiger partial charge in [0.2, 0.25) is 5.91 Å². The molecule has 37 heavy (non-hydrogen) atoms. The van der Waals surface area contributed by atoms with E-state index in [0.29, 0.717) is 33.4 Å². The first-order chi connectivity index (χ1) is 18.0. The van der Waals surface area contributed by atoms with E-state index in [9.17, 15) is 9.59 Å². The van der Waals surface area contributed by atoms with Crippen molar-refractivity contribution in [2.24, 2.45) is 0 Å². The molecule has 1 N–H and O–H groups in total. The molecule has 6 rings (SSSR count). The fourth-order valence-electron chi connectivity index (χ4n) is 4.39. The van der Waals surface area contributed by atoms with Gasteiger partial charge >= 0.3 is 0 Å². The summed E-state index contributed by atoms with van der Waals surface area (Å²) in [5.74, 6) is 1.86. The topological polar surface area (TPSA) is 91.0 Å². The van der Waals surface area contributed by atoms with Crippen LogP contribution in [0.4, 0.5) is 5.69 Å². The molecular formula is C28H23N5O3S. The van der Waals surface area contributed by atoms with E-state index in [1.807, 2.05) is 61.5 Å². The first-order valence-corrected chi connectivity index (χ1v) is 12.9. The molecule has 0 radical (unpaired) electrons. The number of thioether (sulfide) groups is 1. The van der Waals surface area contributed by atoms with Gasteiger partial charge in [-0.2, -0.15) is 5.10 Å². The monoisotopic (exact) mass is 509 g/mol. The Hall–Kier alpha value is -4.37. The Kier molecular flexibility index (Phi) is 5.97. The molecule has 2 aromatic heterocycles. The van der Waals surface area contributed by atoms with Crippen LogP contribution in [0, 0.1) is 6.92 Å². The highest BCUT2D eigenvalue weighted by atomic mass is 32.2. The SMILES string of the molecule is Cc1cccc(-n2ncc3c(=O)n4c(nc32)SCC4CC(=O)Nc2ccc(Oc3ccccc3)cc2)c1. The summed E-state index contributed by atoms with van der Waals surface area (Å²) < 4.78 is 9.12. The van der Waals surface area contributed by atoms with Gasteiger partial charge in [-0.15, -0.1) is 0 Å². The summed E-state index contributed by atoms with van der Waals surface area (Å²) in [5, 5.41) is 8.39. The number of ether oxygens (including phenoxy) is 1. The number of amides is 1. The number of aromatic nitrogens is 4. The Morgan fingerprint density at radius 1 is 1.05 bits per heavy atom. The molecular weight excluding hydrogens is 486 g/mol. The van der Waals surface area contributed by atoms with Crippen molar-refractivity contribution in [3.63, 3.8) is 0 Å². The summed E-state index contributed by atoms with van der Waals surface area (Å²) in [4.78, 5) is 31.0. The summed E-state index contributed by atoms with van der Waals surface area (Å²) >= 11 is 1.48. The zero-order valence-corrected chi connectivity index (χ0v) is 20.8. The molecule has 0 aliphatic carbocycles. The lowest BCUT2D eigenvalue weighted by atomic mass is 10.2. The zero-order chi connectivity index (χ0) is 25.4. The number of nitrogens with one attached hydrogen (secondary N) is 1. The van der Waals surface area contributed by atoms with Crippen LogP contribution in [0.25, 0.3) is 16.7 Å². The molecule has 0 saturated heterocycles. The first-order valence-electron chi connectivity index (χ1n) is 11.9. The van der Waals surface area contributed by atoms with Crippen LogP contribution in [0.2, 0.25) is 0 Å². The molecule has 9 heteroatoms. The van der Waals surface area contributed by atoms with E-state index in [1.165, 1.54) is 11.8 Å². The van der Waals surface area contributed by atoms with Crippen molar-refractivity contribution in [3.05, 3.63) is 101 Å². The minimum absolute atomic E-state index is 0.168. The predicted octanol–water partition coefficient (Wildman–Crippen LogP) is 5.36. The van der Waals surface area contributed by atoms with Gasteiger partial charge in [-0.05, 0) is 61.0 Å². The molecule has 0 saturated carbocycles.